The maximum atomic E-state index is 3.32. The van der Waals surface area contributed by atoms with E-state index in [2.05, 4.69) is 47.1 Å². The Morgan fingerprint density at radius 1 is 1.07 bits per heavy atom. The molecule has 0 saturated heterocycles. The quantitative estimate of drug-likeness (QED) is 0.538. The van der Waals surface area contributed by atoms with Crippen LogP contribution in [0.25, 0.3) is 0 Å². The van der Waals surface area contributed by atoms with Gasteiger partial charge in [0.25, 0.3) is 0 Å². The fourth-order valence-electron chi connectivity index (χ4n) is 1.59. The number of rotatable bonds is 1. The van der Waals surface area contributed by atoms with Gasteiger partial charge in [-0.3, -0.25) is 0 Å². The third kappa shape index (κ3) is 3.59. The van der Waals surface area contributed by atoms with E-state index in [-0.39, 0.29) is 0 Å². The van der Waals surface area contributed by atoms with Crippen molar-refractivity contribution in [2.24, 2.45) is 0 Å². The van der Waals surface area contributed by atoms with E-state index in [0.29, 0.717) is 15.0 Å². The summed E-state index contributed by atoms with van der Waals surface area (Å²) in [4.78, 5) is 3.32. The first kappa shape index (κ1) is 10.6. The normalized spacial score (nSPS) is 15.1. The topological polar surface area (TPSA) is 0 Å². The molecule has 0 radical (unpaired) electrons. The summed E-state index contributed by atoms with van der Waals surface area (Å²) in [5, 5.41) is 0. The molecular formula is C14H14Se. The number of allylic oxidation sites excluding steroid dienone is 2. The van der Waals surface area contributed by atoms with Gasteiger partial charge in [-0.15, -0.1) is 0 Å². The number of hydrogen-bond acceptors (Lipinski definition) is 0. The van der Waals surface area contributed by atoms with Crippen molar-refractivity contribution in [3.05, 3.63) is 42.0 Å². The molecular weight excluding hydrogens is 247 g/mol. The van der Waals surface area contributed by atoms with Crippen LogP contribution in [0, 0.1) is 10.7 Å². The van der Waals surface area contributed by atoms with Crippen LogP contribution in [0.1, 0.15) is 25.7 Å². The Bertz CT molecular complexity index is 392. The zero-order valence-corrected chi connectivity index (χ0v) is 10.4. The van der Waals surface area contributed by atoms with Gasteiger partial charge < -0.3 is 0 Å². The van der Waals surface area contributed by atoms with E-state index in [9.17, 15) is 0 Å². The Labute approximate surface area is 97.9 Å². The second kappa shape index (κ2) is 5.81. The Hall–Kier alpha value is -0.961. The summed E-state index contributed by atoms with van der Waals surface area (Å²) in [5.41, 5.74) is 1.36. The van der Waals surface area contributed by atoms with Crippen molar-refractivity contribution in [2.45, 2.75) is 25.7 Å². The molecule has 1 aromatic rings. The third-order valence-electron chi connectivity index (χ3n) is 2.41. The first-order valence-corrected chi connectivity index (χ1v) is 7.08. The predicted molar refractivity (Wildman–Crippen MR) is 66.2 cm³/mol. The van der Waals surface area contributed by atoms with Gasteiger partial charge >= 0.3 is 97.8 Å². The molecule has 0 N–H and O–H groups in total. The van der Waals surface area contributed by atoms with Crippen LogP contribution in [0.4, 0.5) is 0 Å². The Kier molecular flexibility index (Phi) is 4.09. The number of benzene rings is 1. The Balaban J connectivity index is 1.93. The average molecular weight is 261 g/mol. The molecule has 0 saturated carbocycles. The molecule has 0 heterocycles. The molecule has 0 aromatic heterocycles. The van der Waals surface area contributed by atoms with Gasteiger partial charge in [-0.05, 0) is 0 Å². The first-order chi connectivity index (χ1) is 7.45. The van der Waals surface area contributed by atoms with Gasteiger partial charge in [0.05, 0.1) is 0 Å². The standard InChI is InChI=1S/C14H14Se/c1-3-7-13(8-4-1)11-12-15-14-9-5-2-6-10-14/h2,5-7,9-10H,1,3-4,8H2. The molecule has 0 bridgehead atoms. The van der Waals surface area contributed by atoms with E-state index in [4.69, 9.17) is 0 Å². The molecule has 0 atom stereocenters. The van der Waals surface area contributed by atoms with Crippen LogP contribution in [0.15, 0.2) is 42.0 Å². The summed E-state index contributed by atoms with van der Waals surface area (Å²) in [6, 6.07) is 10.5. The SMILES string of the molecule is C(#CC1=CCCCC1)[Se]c1ccccc1. The van der Waals surface area contributed by atoms with Crippen molar-refractivity contribution >= 4 is 19.4 Å². The van der Waals surface area contributed by atoms with E-state index in [1.807, 2.05) is 0 Å². The minimum absolute atomic E-state index is 0.319. The van der Waals surface area contributed by atoms with Gasteiger partial charge in [-0.1, -0.05) is 0 Å². The fourth-order valence-corrected chi connectivity index (χ4v) is 2.83. The van der Waals surface area contributed by atoms with Gasteiger partial charge in [-0.25, -0.2) is 0 Å². The molecule has 1 heteroatoms. The van der Waals surface area contributed by atoms with E-state index in [1.54, 1.807) is 0 Å². The van der Waals surface area contributed by atoms with Crippen molar-refractivity contribution < 1.29 is 0 Å². The summed E-state index contributed by atoms with van der Waals surface area (Å²) < 4.78 is 1.37. The predicted octanol–water partition coefficient (Wildman–Crippen LogP) is 2.48. The molecule has 1 aliphatic carbocycles. The first-order valence-electron chi connectivity index (χ1n) is 5.37. The molecule has 15 heavy (non-hydrogen) atoms. The second-order valence-electron chi connectivity index (χ2n) is 3.62. The van der Waals surface area contributed by atoms with Crippen molar-refractivity contribution in [1.82, 2.24) is 0 Å². The molecule has 1 aromatic carbocycles. The Morgan fingerprint density at radius 2 is 1.93 bits per heavy atom. The molecule has 0 aliphatic heterocycles. The van der Waals surface area contributed by atoms with Crippen molar-refractivity contribution in [3.8, 4) is 10.7 Å². The van der Waals surface area contributed by atoms with E-state index < -0.39 is 0 Å². The van der Waals surface area contributed by atoms with Crippen LogP contribution in [0.2, 0.25) is 0 Å². The zero-order valence-electron chi connectivity index (χ0n) is 8.70. The zero-order chi connectivity index (χ0) is 10.3. The van der Waals surface area contributed by atoms with Crippen molar-refractivity contribution in [1.29, 1.82) is 0 Å². The summed E-state index contributed by atoms with van der Waals surface area (Å²) in [5.74, 6) is 3.31. The minimum atomic E-state index is 0.319. The number of hydrogen-bond donors (Lipinski definition) is 0. The summed E-state index contributed by atoms with van der Waals surface area (Å²) >= 11 is 0.319. The van der Waals surface area contributed by atoms with E-state index >= 15 is 0 Å². The fraction of sp³-hybridized carbons (Fsp3) is 0.286. The van der Waals surface area contributed by atoms with Crippen molar-refractivity contribution in [2.75, 3.05) is 0 Å². The van der Waals surface area contributed by atoms with Gasteiger partial charge in [-0.2, -0.15) is 0 Å². The van der Waals surface area contributed by atoms with Crippen LogP contribution < -0.4 is 4.46 Å². The van der Waals surface area contributed by atoms with Crippen LogP contribution in [0.5, 0.6) is 0 Å². The van der Waals surface area contributed by atoms with E-state index in [1.165, 1.54) is 35.7 Å². The molecule has 2 rings (SSSR count). The second-order valence-corrected chi connectivity index (χ2v) is 5.46. The van der Waals surface area contributed by atoms with Crippen LogP contribution in [0.3, 0.4) is 0 Å². The Morgan fingerprint density at radius 3 is 2.67 bits per heavy atom. The van der Waals surface area contributed by atoms with Gasteiger partial charge in [0.15, 0.2) is 0 Å². The molecule has 0 amide bonds. The molecule has 76 valence electrons. The monoisotopic (exact) mass is 262 g/mol. The summed E-state index contributed by atoms with van der Waals surface area (Å²) in [7, 11) is 0. The van der Waals surface area contributed by atoms with E-state index in [0.717, 1.165) is 0 Å². The summed E-state index contributed by atoms with van der Waals surface area (Å²) in [6.07, 6.45) is 7.38. The third-order valence-corrected chi connectivity index (χ3v) is 3.91. The molecule has 0 nitrogen and oxygen atoms in total. The van der Waals surface area contributed by atoms with Crippen LogP contribution >= 0.6 is 0 Å². The molecule has 0 unspecified atom stereocenters. The van der Waals surface area contributed by atoms with Gasteiger partial charge in [0.2, 0.25) is 0 Å². The average Bonchev–Trinajstić information content (AvgIpc) is 2.32. The van der Waals surface area contributed by atoms with Crippen LogP contribution in [-0.4, -0.2) is 15.0 Å². The molecule has 1 aliphatic rings. The van der Waals surface area contributed by atoms with Crippen molar-refractivity contribution in [3.63, 3.8) is 0 Å². The van der Waals surface area contributed by atoms with Gasteiger partial charge in [0.1, 0.15) is 0 Å². The van der Waals surface area contributed by atoms with Crippen LogP contribution in [-0.2, 0) is 0 Å². The summed E-state index contributed by atoms with van der Waals surface area (Å²) in [6.45, 7) is 0. The molecule has 0 spiro atoms. The molecule has 0 fully saturated rings. The maximum absolute atomic E-state index is 3.32. The van der Waals surface area contributed by atoms with Gasteiger partial charge in [0, 0.05) is 0 Å².